The number of ketones is 1. The smallest absolute Gasteiger partial charge is 0.313 e. The molecule has 27 heavy (non-hydrogen) atoms. The molecule has 1 aromatic carbocycles. The van der Waals surface area contributed by atoms with Gasteiger partial charge in [-0.2, -0.15) is 0 Å². The average Bonchev–Trinajstić information content (AvgIpc) is 3.25. The molecule has 2 heterocycles. The molecule has 0 radical (unpaired) electrons. The first-order valence-corrected chi connectivity index (χ1v) is 10.2. The summed E-state index contributed by atoms with van der Waals surface area (Å²) in [5, 5.41) is 3.70. The summed E-state index contributed by atoms with van der Waals surface area (Å²) in [6, 6.07) is 11.8. The number of hydrogen-bond donors (Lipinski definition) is 1. The molecule has 0 spiro atoms. The topological polar surface area (TPSA) is 72.5 Å². The number of carbonyl (C=O) groups is 3. The van der Waals surface area contributed by atoms with Gasteiger partial charge < -0.3 is 10.1 Å². The minimum atomic E-state index is -0.954. The van der Waals surface area contributed by atoms with Crippen LogP contribution in [0.25, 0.3) is 10.1 Å². The quantitative estimate of drug-likeness (QED) is 0.446. The standard InChI is InChI=1S/C19H16ClNO4S2/c1-2-25-17(23)10-12(22)18(14-7-8-16(20)27-14)21-19(24)15-9-11-5-3-4-6-13(11)26-15/h3-9,18H,2,10H2,1H3,(H,21,24). The number of amides is 1. The third-order valence-corrected chi connectivity index (χ3v) is 6.16. The number of halogens is 1. The summed E-state index contributed by atoms with van der Waals surface area (Å²) in [6.45, 7) is 1.86. The molecule has 0 aliphatic carbocycles. The van der Waals surface area contributed by atoms with Crippen molar-refractivity contribution in [2.24, 2.45) is 0 Å². The second kappa shape index (κ2) is 8.65. The summed E-state index contributed by atoms with van der Waals surface area (Å²) in [5.74, 6) is -1.43. The van der Waals surface area contributed by atoms with Crippen molar-refractivity contribution >= 4 is 62.0 Å². The molecular formula is C19H16ClNO4S2. The van der Waals surface area contributed by atoms with E-state index in [1.807, 2.05) is 24.3 Å². The molecule has 0 aliphatic rings. The lowest BCUT2D eigenvalue weighted by atomic mass is 10.1. The lowest BCUT2D eigenvalue weighted by Gasteiger charge is -2.15. The van der Waals surface area contributed by atoms with Crippen LogP contribution >= 0.6 is 34.3 Å². The van der Waals surface area contributed by atoms with Crippen molar-refractivity contribution in [1.29, 1.82) is 0 Å². The molecule has 2 aromatic heterocycles. The van der Waals surface area contributed by atoms with Crippen molar-refractivity contribution in [3.05, 3.63) is 56.6 Å². The van der Waals surface area contributed by atoms with Crippen LogP contribution in [0, 0.1) is 0 Å². The maximum atomic E-state index is 12.7. The highest BCUT2D eigenvalue weighted by atomic mass is 35.5. The predicted octanol–water partition coefficient (Wildman–Crippen LogP) is 4.61. The van der Waals surface area contributed by atoms with E-state index in [0.29, 0.717) is 14.1 Å². The lowest BCUT2D eigenvalue weighted by Crippen LogP contribution is -2.34. The number of hydrogen-bond acceptors (Lipinski definition) is 6. The lowest BCUT2D eigenvalue weighted by molar-refractivity contribution is -0.145. The highest BCUT2D eigenvalue weighted by molar-refractivity contribution is 7.20. The van der Waals surface area contributed by atoms with Gasteiger partial charge in [-0.1, -0.05) is 29.8 Å². The van der Waals surface area contributed by atoms with E-state index < -0.39 is 24.2 Å². The first kappa shape index (κ1) is 19.5. The summed E-state index contributed by atoms with van der Waals surface area (Å²) >= 11 is 8.51. The van der Waals surface area contributed by atoms with E-state index in [1.165, 1.54) is 22.7 Å². The summed E-state index contributed by atoms with van der Waals surface area (Å²) in [6.07, 6.45) is -0.416. The Morgan fingerprint density at radius 1 is 1.15 bits per heavy atom. The van der Waals surface area contributed by atoms with Gasteiger partial charge in [0.25, 0.3) is 5.91 Å². The van der Waals surface area contributed by atoms with Crippen LogP contribution in [0.5, 0.6) is 0 Å². The zero-order chi connectivity index (χ0) is 19.4. The van der Waals surface area contributed by atoms with Gasteiger partial charge in [0.15, 0.2) is 5.78 Å². The maximum Gasteiger partial charge on any atom is 0.313 e. The fraction of sp³-hybridized carbons (Fsp3) is 0.211. The van der Waals surface area contributed by atoms with Gasteiger partial charge in [-0.05, 0) is 36.6 Å². The highest BCUT2D eigenvalue weighted by Crippen LogP contribution is 2.30. The summed E-state index contributed by atoms with van der Waals surface area (Å²) in [5.41, 5.74) is 0. The van der Waals surface area contributed by atoms with Crippen LogP contribution in [0.15, 0.2) is 42.5 Å². The predicted molar refractivity (Wildman–Crippen MR) is 108 cm³/mol. The van der Waals surface area contributed by atoms with Crippen molar-refractivity contribution in [3.8, 4) is 0 Å². The molecule has 0 fully saturated rings. The van der Waals surface area contributed by atoms with Gasteiger partial charge in [-0.15, -0.1) is 22.7 Å². The van der Waals surface area contributed by atoms with E-state index in [2.05, 4.69) is 5.32 Å². The SMILES string of the molecule is CCOC(=O)CC(=O)C(NC(=O)c1cc2ccccc2s1)c1ccc(Cl)s1. The largest absolute Gasteiger partial charge is 0.466 e. The van der Waals surface area contributed by atoms with Gasteiger partial charge in [0, 0.05) is 9.58 Å². The average molecular weight is 422 g/mol. The van der Waals surface area contributed by atoms with Gasteiger partial charge in [0.05, 0.1) is 15.8 Å². The Morgan fingerprint density at radius 2 is 1.93 bits per heavy atom. The fourth-order valence-electron chi connectivity index (χ4n) is 2.55. The summed E-state index contributed by atoms with van der Waals surface area (Å²) < 4.78 is 6.32. The molecule has 1 amide bonds. The zero-order valence-corrected chi connectivity index (χ0v) is 16.7. The minimum absolute atomic E-state index is 0.190. The van der Waals surface area contributed by atoms with Gasteiger partial charge in [0.1, 0.15) is 12.5 Å². The van der Waals surface area contributed by atoms with Crippen molar-refractivity contribution in [2.75, 3.05) is 6.61 Å². The number of esters is 1. The van der Waals surface area contributed by atoms with E-state index in [1.54, 1.807) is 25.1 Å². The molecule has 1 atom stereocenters. The molecule has 3 aromatic rings. The Hall–Kier alpha value is -2.22. The maximum absolute atomic E-state index is 12.7. The third-order valence-electron chi connectivity index (χ3n) is 3.75. The van der Waals surface area contributed by atoms with Crippen molar-refractivity contribution in [2.45, 2.75) is 19.4 Å². The molecular weight excluding hydrogens is 406 g/mol. The van der Waals surface area contributed by atoms with E-state index >= 15 is 0 Å². The first-order chi connectivity index (χ1) is 13.0. The van der Waals surface area contributed by atoms with Crippen LogP contribution in [0.2, 0.25) is 4.34 Å². The van der Waals surface area contributed by atoms with Crippen molar-refractivity contribution < 1.29 is 19.1 Å². The number of thiophene rings is 2. The molecule has 0 aliphatic heterocycles. The minimum Gasteiger partial charge on any atom is -0.466 e. The Labute approximate surface area is 168 Å². The number of carbonyl (C=O) groups excluding carboxylic acids is 3. The van der Waals surface area contributed by atoms with E-state index in [4.69, 9.17) is 16.3 Å². The van der Waals surface area contributed by atoms with E-state index in [-0.39, 0.29) is 12.5 Å². The molecule has 3 rings (SSSR count). The monoisotopic (exact) mass is 421 g/mol. The molecule has 1 N–H and O–H groups in total. The van der Waals surface area contributed by atoms with Gasteiger partial charge in [-0.3, -0.25) is 14.4 Å². The summed E-state index contributed by atoms with van der Waals surface area (Å²) in [4.78, 5) is 38.1. The number of fused-ring (bicyclic) bond motifs is 1. The number of ether oxygens (including phenoxy) is 1. The van der Waals surface area contributed by atoms with Crippen LogP contribution in [-0.2, 0) is 14.3 Å². The summed E-state index contributed by atoms with van der Waals surface area (Å²) in [7, 11) is 0. The molecule has 0 saturated carbocycles. The third kappa shape index (κ3) is 4.74. The number of rotatable bonds is 7. The number of benzene rings is 1. The number of Topliss-reactive ketones (excluding diaryl/α,β-unsaturated/α-hetero) is 1. The van der Waals surface area contributed by atoms with Crippen LogP contribution in [0.3, 0.4) is 0 Å². The molecule has 0 bridgehead atoms. The molecule has 0 saturated heterocycles. The first-order valence-electron chi connectivity index (χ1n) is 8.21. The molecule has 8 heteroatoms. The Balaban J connectivity index is 1.82. The zero-order valence-electron chi connectivity index (χ0n) is 14.4. The van der Waals surface area contributed by atoms with Crippen LogP contribution in [0.4, 0.5) is 0 Å². The molecule has 1 unspecified atom stereocenters. The Morgan fingerprint density at radius 3 is 2.59 bits per heavy atom. The van der Waals surface area contributed by atoms with E-state index in [9.17, 15) is 14.4 Å². The van der Waals surface area contributed by atoms with Gasteiger partial charge in [-0.25, -0.2) is 0 Å². The van der Waals surface area contributed by atoms with Gasteiger partial charge in [0.2, 0.25) is 0 Å². The van der Waals surface area contributed by atoms with Gasteiger partial charge >= 0.3 is 5.97 Å². The highest BCUT2D eigenvalue weighted by Gasteiger charge is 2.27. The second-order valence-electron chi connectivity index (χ2n) is 5.64. The second-order valence-corrected chi connectivity index (χ2v) is 8.48. The Kier molecular flexibility index (Phi) is 6.26. The van der Waals surface area contributed by atoms with Crippen LogP contribution in [0.1, 0.15) is 33.9 Å². The number of nitrogens with one attached hydrogen (secondary N) is 1. The molecule has 140 valence electrons. The van der Waals surface area contributed by atoms with E-state index in [0.717, 1.165) is 10.1 Å². The Bertz CT molecular complexity index is 961. The van der Waals surface area contributed by atoms with Crippen molar-refractivity contribution in [1.82, 2.24) is 5.32 Å². The molecule has 5 nitrogen and oxygen atoms in total. The normalized spacial score (nSPS) is 11.9. The van der Waals surface area contributed by atoms with Crippen molar-refractivity contribution in [3.63, 3.8) is 0 Å². The van der Waals surface area contributed by atoms with Crippen LogP contribution < -0.4 is 5.32 Å². The fourth-order valence-corrected chi connectivity index (χ4v) is 4.65. The van der Waals surface area contributed by atoms with Crippen LogP contribution in [-0.4, -0.2) is 24.3 Å².